The summed E-state index contributed by atoms with van der Waals surface area (Å²) in [5.41, 5.74) is 0.987. The molecular weight excluding hydrogens is 176 g/mol. The standard InChI is InChI=1S/C10H16N4/c1-3-10(5-11)14-7-9(13-8-14)6-12-4-2/h7-8,10,12H,3-4,6H2,1-2H3. The minimum Gasteiger partial charge on any atom is -0.321 e. The molecule has 0 bridgehead atoms. The van der Waals surface area contributed by atoms with Crippen molar-refractivity contribution < 1.29 is 0 Å². The van der Waals surface area contributed by atoms with E-state index in [2.05, 4.69) is 23.3 Å². The number of rotatable bonds is 5. The van der Waals surface area contributed by atoms with Crippen LogP contribution >= 0.6 is 0 Å². The van der Waals surface area contributed by atoms with E-state index in [-0.39, 0.29) is 6.04 Å². The third kappa shape index (κ3) is 2.57. The van der Waals surface area contributed by atoms with Crippen LogP contribution in [0.4, 0.5) is 0 Å². The molecule has 1 N–H and O–H groups in total. The maximum Gasteiger partial charge on any atom is 0.121 e. The number of imidazole rings is 1. The van der Waals surface area contributed by atoms with Gasteiger partial charge in [0.2, 0.25) is 0 Å². The Balaban J connectivity index is 2.63. The lowest BCUT2D eigenvalue weighted by Gasteiger charge is -2.05. The monoisotopic (exact) mass is 192 g/mol. The minimum absolute atomic E-state index is 0.0853. The van der Waals surface area contributed by atoms with E-state index in [0.717, 1.165) is 25.2 Å². The Morgan fingerprint density at radius 3 is 3.00 bits per heavy atom. The zero-order valence-electron chi connectivity index (χ0n) is 8.70. The van der Waals surface area contributed by atoms with Crippen LogP contribution in [-0.2, 0) is 6.54 Å². The first-order valence-corrected chi connectivity index (χ1v) is 4.94. The van der Waals surface area contributed by atoms with Crippen LogP contribution in [0.25, 0.3) is 0 Å². The molecule has 0 saturated carbocycles. The van der Waals surface area contributed by atoms with Crippen molar-refractivity contribution in [2.75, 3.05) is 6.54 Å². The highest BCUT2D eigenvalue weighted by molar-refractivity contribution is 5.01. The zero-order chi connectivity index (χ0) is 10.4. The van der Waals surface area contributed by atoms with Crippen LogP contribution < -0.4 is 5.32 Å². The molecule has 0 aliphatic heterocycles. The van der Waals surface area contributed by atoms with Crippen molar-refractivity contribution in [1.29, 1.82) is 5.26 Å². The van der Waals surface area contributed by atoms with Crippen molar-refractivity contribution in [1.82, 2.24) is 14.9 Å². The van der Waals surface area contributed by atoms with Crippen LogP contribution in [0.3, 0.4) is 0 Å². The molecule has 0 aliphatic rings. The number of nitrogens with one attached hydrogen (secondary N) is 1. The molecule has 1 atom stereocenters. The van der Waals surface area contributed by atoms with E-state index in [4.69, 9.17) is 5.26 Å². The van der Waals surface area contributed by atoms with Crippen molar-refractivity contribution in [2.45, 2.75) is 32.9 Å². The summed E-state index contributed by atoms with van der Waals surface area (Å²) in [6, 6.07) is 2.15. The lowest BCUT2D eigenvalue weighted by Crippen LogP contribution is -2.12. The highest BCUT2D eigenvalue weighted by atomic mass is 15.1. The molecule has 0 fully saturated rings. The number of nitriles is 1. The molecule has 4 nitrogen and oxygen atoms in total. The molecule has 0 amide bonds. The molecule has 0 spiro atoms. The number of hydrogen-bond donors (Lipinski definition) is 1. The first-order valence-electron chi connectivity index (χ1n) is 4.94. The van der Waals surface area contributed by atoms with E-state index in [0.29, 0.717) is 0 Å². The maximum atomic E-state index is 8.85. The molecule has 0 saturated heterocycles. The van der Waals surface area contributed by atoms with Crippen LogP contribution in [-0.4, -0.2) is 16.1 Å². The Bertz CT molecular complexity index is 310. The van der Waals surface area contributed by atoms with Gasteiger partial charge in [-0.3, -0.25) is 0 Å². The molecule has 1 unspecified atom stereocenters. The molecule has 1 heterocycles. The molecule has 0 radical (unpaired) electrons. The highest BCUT2D eigenvalue weighted by Crippen LogP contribution is 2.10. The first-order chi connectivity index (χ1) is 6.81. The van der Waals surface area contributed by atoms with Crippen LogP contribution in [0.2, 0.25) is 0 Å². The summed E-state index contributed by atoms with van der Waals surface area (Å²) in [6.07, 6.45) is 4.47. The molecule has 4 heteroatoms. The second-order valence-electron chi connectivity index (χ2n) is 3.15. The van der Waals surface area contributed by atoms with Crippen molar-refractivity contribution in [2.24, 2.45) is 0 Å². The second kappa shape index (κ2) is 5.40. The fourth-order valence-electron chi connectivity index (χ4n) is 1.26. The van der Waals surface area contributed by atoms with Gasteiger partial charge in [-0.1, -0.05) is 13.8 Å². The van der Waals surface area contributed by atoms with Crippen molar-refractivity contribution in [3.8, 4) is 6.07 Å². The normalized spacial score (nSPS) is 12.4. The van der Waals surface area contributed by atoms with Crippen LogP contribution in [0, 0.1) is 11.3 Å². The van der Waals surface area contributed by atoms with Gasteiger partial charge < -0.3 is 9.88 Å². The topological polar surface area (TPSA) is 53.6 Å². The van der Waals surface area contributed by atoms with Crippen LogP contribution in [0.1, 0.15) is 32.0 Å². The number of aromatic nitrogens is 2. The predicted octanol–water partition coefficient (Wildman–Crippen LogP) is 1.47. The van der Waals surface area contributed by atoms with E-state index in [1.54, 1.807) is 6.33 Å². The Hall–Kier alpha value is -1.34. The molecule has 1 aromatic rings. The van der Waals surface area contributed by atoms with Gasteiger partial charge in [-0.25, -0.2) is 4.98 Å². The highest BCUT2D eigenvalue weighted by Gasteiger charge is 2.07. The van der Waals surface area contributed by atoms with E-state index in [1.807, 2.05) is 17.7 Å². The van der Waals surface area contributed by atoms with Gasteiger partial charge in [-0.05, 0) is 13.0 Å². The fourth-order valence-corrected chi connectivity index (χ4v) is 1.26. The van der Waals surface area contributed by atoms with Crippen LogP contribution in [0.15, 0.2) is 12.5 Å². The molecule has 76 valence electrons. The maximum absolute atomic E-state index is 8.85. The molecular formula is C10H16N4. The average molecular weight is 192 g/mol. The van der Waals surface area contributed by atoms with Crippen molar-refractivity contribution in [3.63, 3.8) is 0 Å². The number of hydrogen-bond acceptors (Lipinski definition) is 3. The lowest BCUT2D eigenvalue weighted by molar-refractivity contribution is 0.595. The third-order valence-corrected chi connectivity index (χ3v) is 2.11. The fraction of sp³-hybridized carbons (Fsp3) is 0.600. The van der Waals surface area contributed by atoms with Gasteiger partial charge in [0.1, 0.15) is 6.04 Å². The summed E-state index contributed by atoms with van der Waals surface area (Å²) in [5.74, 6) is 0. The van der Waals surface area contributed by atoms with E-state index < -0.39 is 0 Å². The quantitative estimate of drug-likeness (QED) is 0.768. The smallest absolute Gasteiger partial charge is 0.121 e. The molecule has 0 aromatic carbocycles. The largest absolute Gasteiger partial charge is 0.321 e. The van der Waals surface area contributed by atoms with Crippen molar-refractivity contribution in [3.05, 3.63) is 18.2 Å². The summed E-state index contributed by atoms with van der Waals surface area (Å²) in [4.78, 5) is 4.22. The minimum atomic E-state index is -0.0853. The Morgan fingerprint density at radius 2 is 2.43 bits per heavy atom. The van der Waals surface area contributed by atoms with Gasteiger partial charge in [0.05, 0.1) is 18.1 Å². The summed E-state index contributed by atoms with van der Waals surface area (Å²) < 4.78 is 1.87. The Morgan fingerprint density at radius 1 is 1.64 bits per heavy atom. The molecule has 0 aliphatic carbocycles. The Kier molecular flexibility index (Phi) is 4.14. The SMILES string of the molecule is CCNCc1cn(C(C#N)CC)cn1. The molecule has 1 aromatic heterocycles. The summed E-state index contributed by atoms with van der Waals surface area (Å²) >= 11 is 0. The lowest BCUT2D eigenvalue weighted by atomic mass is 10.2. The van der Waals surface area contributed by atoms with Gasteiger partial charge in [0.15, 0.2) is 0 Å². The van der Waals surface area contributed by atoms with Gasteiger partial charge >= 0.3 is 0 Å². The van der Waals surface area contributed by atoms with Crippen molar-refractivity contribution >= 4 is 0 Å². The predicted molar refractivity (Wildman–Crippen MR) is 54.5 cm³/mol. The Labute approximate surface area is 84.6 Å². The van der Waals surface area contributed by atoms with Gasteiger partial charge in [0.25, 0.3) is 0 Å². The van der Waals surface area contributed by atoms with E-state index >= 15 is 0 Å². The first kappa shape index (κ1) is 10.7. The zero-order valence-corrected chi connectivity index (χ0v) is 8.70. The summed E-state index contributed by atoms with van der Waals surface area (Å²) in [5, 5.41) is 12.0. The van der Waals surface area contributed by atoms with Crippen LogP contribution in [0.5, 0.6) is 0 Å². The summed E-state index contributed by atoms with van der Waals surface area (Å²) in [7, 11) is 0. The van der Waals surface area contributed by atoms with E-state index in [9.17, 15) is 0 Å². The third-order valence-electron chi connectivity index (χ3n) is 2.11. The van der Waals surface area contributed by atoms with Gasteiger partial charge in [0, 0.05) is 12.7 Å². The second-order valence-corrected chi connectivity index (χ2v) is 3.15. The molecule has 1 rings (SSSR count). The summed E-state index contributed by atoms with van der Waals surface area (Å²) in [6.45, 7) is 5.76. The van der Waals surface area contributed by atoms with Gasteiger partial charge in [-0.15, -0.1) is 0 Å². The number of nitrogens with zero attached hydrogens (tertiary/aromatic N) is 3. The van der Waals surface area contributed by atoms with E-state index in [1.165, 1.54) is 0 Å². The molecule has 14 heavy (non-hydrogen) atoms. The van der Waals surface area contributed by atoms with Gasteiger partial charge in [-0.2, -0.15) is 5.26 Å². The average Bonchev–Trinajstić information content (AvgIpc) is 2.65.